The number of halogens is 4. The van der Waals surface area contributed by atoms with Crippen LogP contribution in [0.3, 0.4) is 0 Å². The van der Waals surface area contributed by atoms with E-state index in [-0.39, 0.29) is 29.2 Å². The third-order valence-corrected chi connectivity index (χ3v) is 6.13. The van der Waals surface area contributed by atoms with Crippen molar-refractivity contribution >= 4 is 5.71 Å². The Morgan fingerprint density at radius 1 is 1.24 bits per heavy atom. The average molecular weight is 463 g/mol. The molecule has 172 valence electrons. The zero-order valence-electron chi connectivity index (χ0n) is 17.1. The molecular formula is C21H17F4N5O3. The predicted molar refractivity (Wildman–Crippen MR) is 108 cm³/mol. The summed E-state index contributed by atoms with van der Waals surface area (Å²) in [7, 11) is 0. The van der Waals surface area contributed by atoms with Crippen molar-refractivity contribution in [2.45, 2.75) is 31.5 Å². The lowest BCUT2D eigenvalue weighted by atomic mass is 9.81. The zero-order chi connectivity index (χ0) is 23.5. The monoisotopic (exact) mass is 463 g/mol. The highest BCUT2D eigenvalue weighted by molar-refractivity contribution is 6.02. The van der Waals surface area contributed by atoms with Gasteiger partial charge in [-0.2, -0.15) is 5.10 Å². The summed E-state index contributed by atoms with van der Waals surface area (Å²) in [5, 5.41) is 4.50. The van der Waals surface area contributed by atoms with E-state index < -0.39 is 29.2 Å². The minimum atomic E-state index is -4.90. The molecule has 3 heterocycles. The maximum atomic E-state index is 14.7. The zero-order valence-corrected chi connectivity index (χ0v) is 17.1. The van der Waals surface area contributed by atoms with Gasteiger partial charge in [-0.05, 0) is 29.9 Å². The van der Waals surface area contributed by atoms with Crippen LogP contribution in [-0.2, 0) is 0 Å². The summed E-state index contributed by atoms with van der Waals surface area (Å²) in [4.78, 5) is 32.8. The van der Waals surface area contributed by atoms with E-state index in [0.717, 1.165) is 12.1 Å². The summed E-state index contributed by atoms with van der Waals surface area (Å²) in [6, 6.07) is 3.14. The largest absolute Gasteiger partial charge is 0.573 e. The molecule has 5 rings (SSSR count). The van der Waals surface area contributed by atoms with Crippen LogP contribution in [0.2, 0.25) is 0 Å². The number of hydrogen-bond donors (Lipinski definition) is 2. The van der Waals surface area contributed by atoms with Crippen molar-refractivity contribution in [3.8, 4) is 5.75 Å². The van der Waals surface area contributed by atoms with Gasteiger partial charge in [0.15, 0.2) is 0 Å². The van der Waals surface area contributed by atoms with E-state index in [1.54, 1.807) is 17.1 Å². The molecule has 2 unspecified atom stereocenters. The van der Waals surface area contributed by atoms with Crippen molar-refractivity contribution in [2.75, 3.05) is 0 Å². The van der Waals surface area contributed by atoms with Gasteiger partial charge < -0.3 is 9.72 Å². The van der Waals surface area contributed by atoms with Crippen LogP contribution in [0.15, 0.2) is 51.5 Å². The number of aromatic amines is 2. The highest BCUT2D eigenvalue weighted by Gasteiger charge is 2.51. The minimum Gasteiger partial charge on any atom is -0.406 e. The molecule has 3 aromatic rings. The maximum absolute atomic E-state index is 14.7. The van der Waals surface area contributed by atoms with E-state index in [1.807, 2.05) is 6.92 Å². The predicted octanol–water partition coefficient (Wildman–Crippen LogP) is 3.09. The third kappa shape index (κ3) is 3.85. The van der Waals surface area contributed by atoms with Gasteiger partial charge in [0, 0.05) is 36.5 Å². The minimum absolute atomic E-state index is 0.0719. The summed E-state index contributed by atoms with van der Waals surface area (Å²) >= 11 is 0. The molecule has 2 N–H and O–H groups in total. The number of ether oxygens (including phenoxy) is 1. The molecular weight excluding hydrogens is 446 g/mol. The molecule has 12 heteroatoms. The van der Waals surface area contributed by atoms with Crippen molar-refractivity contribution in [3.63, 3.8) is 0 Å². The molecule has 1 aliphatic heterocycles. The molecule has 1 aromatic carbocycles. The van der Waals surface area contributed by atoms with E-state index in [1.165, 1.54) is 12.3 Å². The van der Waals surface area contributed by atoms with E-state index in [2.05, 4.69) is 24.8 Å². The van der Waals surface area contributed by atoms with Crippen molar-refractivity contribution in [1.82, 2.24) is 19.6 Å². The maximum Gasteiger partial charge on any atom is 0.573 e. The fraction of sp³-hybridized carbons (Fsp3) is 0.333. The SMILES string of the molecule is CC1C(c2c[nH]c(=O)[nH]c2=O)=Nn2ccnc2C1[C@H]1C[C@@H]1c1ccc(OC(F)(F)F)cc1F. The molecule has 0 radical (unpaired) electrons. The molecule has 33 heavy (non-hydrogen) atoms. The molecule has 1 aliphatic carbocycles. The van der Waals surface area contributed by atoms with Crippen LogP contribution < -0.4 is 16.0 Å². The second-order valence-corrected chi connectivity index (χ2v) is 8.15. The molecule has 2 aliphatic rings. The number of H-pyrrole nitrogens is 2. The number of benzene rings is 1. The third-order valence-electron chi connectivity index (χ3n) is 6.13. The van der Waals surface area contributed by atoms with E-state index in [4.69, 9.17) is 0 Å². The van der Waals surface area contributed by atoms with E-state index in [0.29, 0.717) is 23.5 Å². The van der Waals surface area contributed by atoms with Gasteiger partial charge in [-0.15, -0.1) is 13.2 Å². The van der Waals surface area contributed by atoms with Gasteiger partial charge in [-0.1, -0.05) is 13.0 Å². The molecule has 0 saturated heterocycles. The van der Waals surface area contributed by atoms with Crippen LogP contribution in [0.25, 0.3) is 0 Å². The van der Waals surface area contributed by atoms with Crippen molar-refractivity contribution in [1.29, 1.82) is 0 Å². The van der Waals surface area contributed by atoms with Crippen molar-refractivity contribution in [2.24, 2.45) is 16.9 Å². The van der Waals surface area contributed by atoms with Gasteiger partial charge in [0.1, 0.15) is 17.4 Å². The molecule has 0 bridgehead atoms. The van der Waals surface area contributed by atoms with Crippen molar-refractivity contribution < 1.29 is 22.3 Å². The number of nitrogens with one attached hydrogen (secondary N) is 2. The highest BCUT2D eigenvalue weighted by atomic mass is 19.4. The lowest BCUT2D eigenvalue weighted by Gasteiger charge is -2.29. The first-order valence-corrected chi connectivity index (χ1v) is 10.1. The van der Waals surface area contributed by atoms with Gasteiger partial charge in [-0.3, -0.25) is 9.78 Å². The molecule has 1 saturated carbocycles. The molecule has 2 aromatic heterocycles. The molecule has 4 atom stereocenters. The summed E-state index contributed by atoms with van der Waals surface area (Å²) in [6.45, 7) is 1.87. The topological polar surface area (TPSA) is 105 Å². The Balaban J connectivity index is 1.46. The standard InChI is InChI=1S/C21H17F4N5O3/c1-9-16(13-7-12(13)11-3-2-10(6-15(11)22)33-21(23,24)25)18-26-4-5-30(18)29-17(9)14-8-27-20(32)28-19(14)31/h2-6,8-9,12-13,16H,7H2,1H3,(H2,27,28,31,32)/t9?,12-,13+,16?/m1/s1. The summed E-state index contributed by atoms with van der Waals surface area (Å²) in [6.07, 6.45) is 0.196. The molecule has 8 nitrogen and oxygen atoms in total. The Morgan fingerprint density at radius 3 is 2.73 bits per heavy atom. The van der Waals surface area contributed by atoms with Crippen LogP contribution in [0.4, 0.5) is 17.6 Å². The van der Waals surface area contributed by atoms with Crippen LogP contribution in [-0.4, -0.2) is 31.7 Å². The Kier molecular flexibility index (Phi) is 4.76. The fourth-order valence-electron chi connectivity index (χ4n) is 4.67. The molecule has 0 spiro atoms. The Bertz CT molecular complexity index is 1370. The second-order valence-electron chi connectivity index (χ2n) is 8.15. The Labute approximate surface area is 182 Å². The van der Waals surface area contributed by atoms with E-state index >= 15 is 0 Å². The molecule has 1 fully saturated rings. The number of hydrogen-bond acceptors (Lipinski definition) is 5. The summed E-state index contributed by atoms with van der Waals surface area (Å²) < 4.78 is 57.3. The Morgan fingerprint density at radius 2 is 2.03 bits per heavy atom. The van der Waals surface area contributed by atoms with Gasteiger partial charge >= 0.3 is 12.1 Å². The average Bonchev–Trinajstić information content (AvgIpc) is 3.34. The lowest BCUT2D eigenvalue weighted by Crippen LogP contribution is -2.35. The number of rotatable bonds is 4. The first-order valence-electron chi connectivity index (χ1n) is 10.1. The number of fused-ring (bicyclic) bond motifs is 1. The first kappa shape index (κ1) is 21.2. The normalized spacial score (nSPS) is 24.2. The molecule has 0 amide bonds. The van der Waals surface area contributed by atoms with Gasteiger partial charge in [0.25, 0.3) is 5.56 Å². The smallest absolute Gasteiger partial charge is 0.406 e. The van der Waals surface area contributed by atoms with Crippen LogP contribution >= 0.6 is 0 Å². The lowest BCUT2D eigenvalue weighted by molar-refractivity contribution is -0.274. The summed E-state index contributed by atoms with van der Waals surface area (Å²) in [5.41, 5.74) is -0.258. The summed E-state index contributed by atoms with van der Waals surface area (Å²) in [5.74, 6) is -1.58. The quantitative estimate of drug-likeness (QED) is 0.580. The number of nitrogens with zero attached hydrogens (tertiary/aromatic N) is 3. The van der Waals surface area contributed by atoms with E-state index in [9.17, 15) is 27.2 Å². The first-order chi connectivity index (χ1) is 15.6. The highest BCUT2D eigenvalue weighted by Crippen LogP contribution is 2.58. The van der Waals surface area contributed by atoms with Crippen molar-refractivity contribution in [3.05, 3.63) is 80.4 Å². The Hall–Kier alpha value is -3.70. The second kappa shape index (κ2) is 7.42. The van der Waals surface area contributed by atoms with Crippen LogP contribution in [0, 0.1) is 17.7 Å². The van der Waals surface area contributed by atoms with Crippen LogP contribution in [0.5, 0.6) is 5.75 Å². The van der Waals surface area contributed by atoms with Gasteiger partial charge in [0.2, 0.25) is 0 Å². The number of alkyl halides is 3. The van der Waals surface area contributed by atoms with Crippen LogP contribution in [0.1, 0.15) is 42.1 Å². The number of aromatic nitrogens is 4. The fourth-order valence-corrected chi connectivity index (χ4v) is 4.67. The van der Waals surface area contributed by atoms with Gasteiger partial charge in [-0.25, -0.2) is 18.8 Å². The number of imidazole rings is 1. The van der Waals surface area contributed by atoms with Gasteiger partial charge in [0.05, 0.1) is 11.3 Å².